The SMILES string of the molecule is c1ccc2c(c1)Cc1c-2ccc2c1Cc1c-2ccc2c1Cc1c-2ccc2ccccc12. The van der Waals surface area contributed by atoms with E-state index in [0.717, 1.165) is 19.3 Å². The van der Waals surface area contributed by atoms with Crippen LogP contribution in [-0.2, 0) is 19.3 Å². The highest BCUT2D eigenvalue weighted by Crippen LogP contribution is 2.51. The summed E-state index contributed by atoms with van der Waals surface area (Å²) in [6, 6.07) is 31.9. The van der Waals surface area contributed by atoms with E-state index < -0.39 is 0 Å². The molecule has 3 aliphatic rings. The minimum Gasteiger partial charge on any atom is -0.0619 e. The molecule has 5 aromatic rings. The molecule has 0 radical (unpaired) electrons. The van der Waals surface area contributed by atoms with E-state index >= 15 is 0 Å². The van der Waals surface area contributed by atoms with Crippen LogP contribution in [0.4, 0.5) is 0 Å². The van der Waals surface area contributed by atoms with Gasteiger partial charge in [-0.1, -0.05) is 84.9 Å². The monoisotopic (exact) mass is 392 g/mol. The number of hydrogen-bond acceptors (Lipinski definition) is 0. The molecule has 0 saturated heterocycles. The molecule has 0 heteroatoms. The van der Waals surface area contributed by atoms with Crippen molar-refractivity contribution in [3.8, 4) is 33.4 Å². The summed E-state index contributed by atoms with van der Waals surface area (Å²) >= 11 is 0. The third-order valence-corrected chi connectivity index (χ3v) is 7.87. The fraction of sp³-hybridized carbons (Fsp3) is 0.0968. The van der Waals surface area contributed by atoms with Gasteiger partial charge < -0.3 is 0 Å². The molecule has 8 rings (SSSR count). The van der Waals surface area contributed by atoms with Crippen molar-refractivity contribution in [2.24, 2.45) is 0 Å². The first-order chi connectivity index (χ1) is 15.4. The van der Waals surface area contributed by atoms with Crippen LogP contribution in [0.15, 0.2) is 84.9 Å². The highest BCUT2D eigenvalue weighted by atomic mass is 14.4. The molecule has 31 heavy (non-hydrogen) atoms. The molecule has 0 amide bonds. The average molecular weight is 393 g/mol. The van der Waals surface area contributed by atoms with Gasteiger partial charge in [-0.2, -0.15) is 0 Å². The van der Waals surface area contributed by atoms with Crippen molar-refractivity contribution >= 4 is 10.8 Å². The molecule has 0 nitrogen and oxygen atoms in total. The standard InChI is InChI=1S/C31H20/c1-3-7-20-18(5-1)9-10-23-24-13-14-26-25-12-11-22-21-8-4-2-6-19(21)15-27(22)29(25)17-31(26)30(24)16-28(20)23/h1-14H,15-17H2. The van der Waals surface area contributed by atoms with Gasteiger partial charge in [0, 0.05) is 0 Å². The Kier molecular flexibility index (Phi) is 2.87. The molecule has 0 saturated carbocycles. The Balaban J connectivity index is 1.31. The highest BCUT2D eigenvalue weighted by molar-refractivity contribution is 5.97. The van der Waals surface area contributed by atoms with Crippen molar-refractivity contribution < 1.29 is 0 Å². The Bertz CT molecular complexity index is 1600. The van der Waals surface area contributed by atoms with Crippen molar-refractivity contribution in [3.63, 3.8) is 0 Å². The lowest BCUT2D eigenvalue weighted by molar-refractivity contribution is 1.13. The zero-order chi connectivity index (χ0) is 20.1. The topological polar surface area (TPSA) is 0 Å². The lowest BCUT2D eigenvalue weighted by Crippen LogP contribution is -1.93. The zero-order valence-electron chi connectivity index (χ0n) is 17.2. The molecule has 0 aromatic heterocycles. The van der Waals surface area contributed by atoms with Gasteiger partial charge in [-0.3, -0.25) is 0 Å². The number of benzene rings is 5. The smallest absolute Gasteiger partial charge is 0.000421 e. The Labute approximate surface area is 181 Å². The van der Waals surface area contributed by atoms with Crippen molar-refractivity contribution in [1.82, 2.24) is 0 Å². The first-order valence-corrected chi connectivity index (χ1v) is 11.3. The molecule has 0 heterocycles. The van der Waals surface area contributed by atoms with E-state index in [4.69, 9.17) is 0 Å². The third-order valence-electron chi connectivity index (χ3n) is 7.87. The van der Waals surface area contributed by atoms with E-state index in [9.17, 15) is 0 Å². The maximum atomic E-state index is 2.39. The summed E-state index contributed by atoms with van der Waals surface area (Å²) in [6.45, 7) is 0. The molecule has 0 atom stereocenters. The van der Waals surface area contributed by atoms with Crippen LogP contribution >= 0.6 is 0 Å². The van der Waals surface area contributed by atoms with Crippen molar-refractivity contribution in [1.29, 1.82) is 0 Å². The van der Waals surface area contributed by atoms with Crippen LogP contribution in [0.1, 0.15) is 33.4 Å². The second kappa shape index (κ2) is 5.53. The van der Waals surface area contributed by atoms with Crippen LogP contribution in [0.5, 0.6) is 0 Å². The summed E-state index contributed by atoms with van der Waals surface area (Å²) in [4.78, 5) is 0. The second-order valence-electron chi connectivity index (χ2n) is 9.24. The van der Waals surface area contributed by atoms with Crippen LogP contribution in [0.3, 0.4) is 0 Å². The zero-order valence-corrected chi connectivity index (χ0v) is 17.2. The molecule has 0 fully saturated rings. The van der Waals surface area contributed by atoms with Crippen LogP contribution in [-0.4, -0.2) is 0 Å². The van der Waals surface area contributed by atoms with Gasteiger partial charge in [0.2, 0.25) is 0 Å². The van der Waals surface area contributed by atoms with Gasteiger partial charge in [0.25, 0.3) is 0 Å². The predicted octanol–water partition coefficient (Wildman–Crippen LogP) is 7.55. The maximum absolute atomic E-state index is 2.39. The van der Waals surface area contributed by atoms with Gasteiger partial charge in [-0.05, 0) is 96.8 Å². The van der Waals surface area contributed by atoms with E-state index in [-0.39, 0.29) is 0 Å². The Morgan fingerprint density at radius 3 is 1.65 bits per heavy atom. The van der Waals surface area contributed by atoms with Gasteiger partial charge in [0.05, 0.1) is 0 Å². The van der Waals surface area contributed by atoms with Gasteiger partial charge in [-0.15, -0.1) is 0 Å². The lowest BCUT2D eigenvalue weighted by atomic mass is 9.96. The molecule has 144 valence electrons. The van der Waals surface area contributed by atoms with E-state index in [1.54, 1.807) is 22.3 Å². The largest absolute Gasteiger partial charge is 0.0619 e. The lowest BCUT2D eigenvalue weighted by Gasteiger charge is -2.08. The Morgan fingerprint density at radius 2 is 0.871 bits per heavy atom. The van der Waals surface area contributed by atoms with E-state index in [0.29, 0.717) is 0 Å². The minimum atomic E-state index is 1.06. The van der Waals surface area contributed by atoms with Crippen molar-refractivity contribution in [2.75, 3.05) is 0 Å². The quantitative estimate of drug-likeness (QED) is 0.250. The highest BCUT2D eigenvalue weighted by Gasteiger charge is 2.32. The third kappa shape index (κ3) is 1.96. The van der Waals surface area contributed by atoms with Gasteiger partial charge in [0.1, 0.15) is 0 Å². The predicted molar refractivity (Wildman–Crippen MR) is 129 cm³/mol. The fourth-order valence-corrected chi connectivity index (χ4v) is 6.46. The normalized spacial score (nSPS) is 14.1. The van der Waals surface area contributed by atoms with Crippen LogP contribution in [0, 0.1) is 0 Å². The Morgan fingerprint density at radius 1 is 0.355 bits per heavy atom. The van der Waals surface area contributed by atoms with Crippen LogP contribution in [0.2, 0.25) is 0 Å². The first kappa shape index (κ1) is 16.1. The van der Waals surface area contributed by atoms with Crippen molar-refractivity contribution in [2.45, 2.75) is 19.3 Å². The average Bonchev–Trinajstić information content (AvgIpc) is 3.49. The molecular formula is C31H20. The molecular weight excluding hydrogens is 372 g/mol. The number of rotatable bonds is 0. The summed E-state index contributed by atoms with van der Waals surface area (Å²) in [5.41, 5.74) is 17.9. The minimum absolute atomic E-state index is 1.06. The number of fused-ring (bicyclic) bond motifs is 13. The van der Waals surface area contributed by atoms with Crippen LogP contribution in [0.25, 0.3) is 44.2 Å². The summed E-state index contributed by atoms with van der Waals surface area (Å²) in [5, 5.41) is 2.77. The second-order valence-corrected chi connectivity index (χ2v) is 9.24. The molecule has 0 unspecified atom stereocenters. The molecule has 3 aliphatic carbocycles. The Hall–Kier alpha value is -3.64. The molecule has 0 spiro atoms. The van der Waals surface area contributed by atoms with E-state index in [2.05, 4.69) is 84.9 Å². The number of hydrogen-bond donors (Lipinski definition) is 0. The van der Waals surface area contributed by atoms with Gasteiger partial charge in [0.15, 0.2) is 0 Å². The summed E-state index contributed by atoms with van der Waals surface area (Å²) in [7, 11) is 0. The molecule has 0 aliphatic heterocycles. The molecule has 0 bridgehead atoms. The molecule has 0 N–H and O–H groups in total. The summed E-state index contributed by atoms with van der Waals surface area (Å²) in [5.74, 6) is 0. The van der Waals surface area contributed by atoms with Gasteiger partial charge >= 0.3 is 0 Å². The van der Waals surface area contributed by atoms with Crippen molar-refractivity contribution in [3.05, 3.63) is 118 Å². The van der Waals surface area contributed by atoms with E-state index in [1.807, 2.05) is 0 Å². The maximum Gasteiger partial charge on any atom is -0.000421 e. The van der Waals surface area contributed by atoms with E-state index in [1.165, 1.54) is 55.3 Å². The summed E-state index contributed by atoms with van der Waals surface area (Å²) < 4.78 is 0. The van der Waals surface area contributed by atoms with Crippen LogP contribution < -0.4 is 0 Å². The fourth-order valence-electron chi connectivity index (χ4n) is 6.46. The molecule has 5 aromatic carbocycles. The van der Waals surface area contributed by atoms with Gasteiger partial charge in [-0.25, -0.2) is 0 Å². The summed E-state index contributed by atoms with van der Waals surface area (Å²) in [6.07, 6.45) is 3.22. The first-order valence-electron chi connectivity index (χ1n) is 11.3.